The second kappa shape index (κ2) is 7.04. The SMILES string of the molecule is CC1CC(Nc2nccnc2Cc2ccc(F)cc2)CCN1C. The van der Waals surface area contributed by atoms with Crippen molar-refractivity contribution in [3.8, 4) is 0 Å². The summed E-state index contributed by atoms with van der Waals surface area (Å²) in [6.07, 6.45) is 6.28. The average Bonchev–Trinajstić information content (AvgIpc) is 2.55. The van der Waals surface area contributed by atoms with E-state index in [0.29, 0.717) is 18.5 Å². The number of halogens is 1. The molecule has 0 bridgehead atoms. The van der Waals surface area contributed by atoms with Crippen molar-refractivity contribution in [2.24, 2.45) is 0 Å². The van der Waals surface area contributed by atoms with Gasteiger partial charge in [0.25, 0.3) is 0 Å². The Morgan fingerprint density at radius 2 is 1.96 bits per heavy atom. The highest BCUT2D eigenvalue weighted by Crippen LogP contribution is 2.21. The molecular formula is C18H23FN4. The maximum Gasteiger partial charge on any atom is 0.148 e. The molecule has 1 saturated heterocycles. The molecule has 5 heteroatoms. The molecule has 0 saturated carbocycles. The van der Waals surface area contributed by atoms with Gasteiger partial charge in [-0.3, -0.25) is 4.98 Å². The van der Waals surface area contributed by atoms with Crippen LogP contribution in [0.3, 0.4) is 0 Å². The van der Waals surface area contributed by atoms with Gasteiger partial charge in [0.05, 0.1) is 5.69 Å². The highest BCUT2D eigenvalue weighted by Gasteiger charge is 2.23. The number of hydrogen-bond acceptors (Lipinski definition) is 4. The molecule has 2 unspecified atom stereocenters. The van der Waals surface area contributed by atoms with Crippen molar-refractivity contribution in [3.63, 3.8) is 0 Å². The summed E-state index contributed by atoms with van der Waals surface area (Å²) in [6.45, 7) is 3.34. The third-order valence-electron chi connectivity index (χ3n) is 4.61. The van der Waals surface area contributed by atoms with E-state index in [9.17, 15) is 4.39 Å². The molecule has 1 aromatic carbocycles. The molecule has 2 atom stereocenters. The van der Waals surface area contributed by atoms with E-state index in [0.717, 1.165) is 36.5 Å². The smallest absolute Gasteiger partial charge is 0.148 e. The van der Waals surface area contributed by atoms with E-state index >= 15 is 0 Å². The number of nitrogens with one attached hydrogen (secondary N) is 1. The van der Waals surface area contributed by atoms with Crippen LogP contribution < -0.4 is 5.32 Å². The molecule has 1 fully saturated rings. The van der Waals surface area contributed by atoms with Gasteiger partial charge in [-0.15, -0.1) is 0 Å². The van der Waals surface area contributed by atoms with Gasteiger partial charge in [-0.05, 0) is 44.5 Å². The predicted molar refractivity (Wildman–Crippen MR) is 90.0 cm³/mol. The van der Waals surface area contributed by atoms with Crippen molar-refractivity contribution in [2.45, 2.75) is 38.3 Å². The van der Waals surface area contributed by atoms with Crippen LogP contribution in [-0.4, -0.2) is 40.5 Å². The van der Waals surface area contributed by atoms with Crippen LogP contribution in [0.2, 0.25) is 0 Å². The van der Waals surface area contributed by atoms with Crippen molar-refractivity contribution < 1.29 is 4.39 Å². The van der Waals surface area contributed by atoms with Crippen molar-refractivity contribution >= 4 is 5.82 Å². The molecule has 3 rings (SSSR count). The average molecular weight is 314 g/mol. The number of benzene rings is 1. The summed E-state index contributed by atoms with van der Waals surface area (Å²) < 4.78 is 13.0. The Bertz CT molecular complexity index is 644. The molecule has 2 aromatic rings. The van der Waals surface area contributed by atoms with Crippen molar-refractivity contribution in [3.05, 3.63) is 53.7 Å². The Labute approximate surface area is 136 Å². The van der Waals surface area contributed by atoms with E-state index in [2.05, 4.69) is 34.2 Å². The van der Waals surface area contributed by atoms with Gasteiger partial charge in [-0.2, -0.15) is 0 Å². The van der Waals surface area contributed by atoms with Crippen LogP contribution >= 0.6 is 0 Å². The number of aromatic nitrogens is 2. The van der Waals surface area contributed by atoms with E-state index in [4.69, 9.17) is 0 Å². The predicted octanol–water partition coefficient (Wildman–Crippen LogP) is 3.10. The molecule has 2 heterocycles. The maximum atomic E-state index is 13.0. The fourth-order valence-electron chi connectivity index (χ4n) is 3.03. The van der Waals surface area contributed by atoms with E-state index < -0.39 is 0 Å². The van der Waals surface area contributed by atoms with Gasteiger partial charge in [-0.1, -0.05) is 12.1 Å². The molecular weight excluding hydrogens is 291 g/mol. The van der Waals surface area contributed by atoms with Gasteiger partial charge >= 0.3 is 0 Å². The van der Waals surface area contributed by atoms with Crippen LogP contribution in [0.5, 0.6) is 0 Å². The van der Waals surface area contributed by atoms with Crippen LogP contribution in [0.1, 0.15) is 31.0 Å². The van der Waals surface area contributed by atoms with E-state index in [1.165, 1.54) is 12.1 Å². The highest BCUT2D eigenvalue weighted by molar-refractivity contribution is 5.43. The Balaban J connectivity index is 1.71. The molecule has 0 radical (unpaired) electrons. The minimum Gasteiger partial charge on any atom is -0.366 e. The second-order valence-electron chi connectivity index (χ2n) is 6.35. The Morgan fingerprint density at radius 3 is 2.70 bits per heavy atom. The lowest BCUT2D eigenvalue weighted by Crippen LogP contribution is -2.42. The first-order valence-corrected chi connectivity index (χ1v) is 8.13. The minimum absolute atomic E-state index is 0.216. The third-order valence-corrected chi connectivity index (χ3v) is 4.61. The summed E-state index contributed by atoms with van der Waals surface area (Å²) in [7, 11) is 2.17. The Hall–Kier alpha value is -2.01. The van der Waals surface area contributed by atoms with Crippen LogP contribution in [0.4, 0.5) is 10.2 Å². The fourth-order valence-corrected chi connectivity index (χ4v) is 3.03. The molecule has 1 aliphatic rings. The quantitative estimate of drug-likeness (QED) is 0.941. The summed E-state index contributed by atoms with van der Waals surface area (Å²) >= 11 is 0. The van der Waals surface area contributed by atoms with Gasteiger partial charge < -0.3 is 10.2 Å². The van der Waals surface area contributed by atoms with Crippen molar-refractivity contribution in [1.82, 2.24) is 14.9 Å². The summed E-state index contributed by atoms with van der Waals surface area (Å²) in [6, 6.07) is 7.55. The highest BCUT2D eigenvalue weighted by atomic mass is 19.1. The monoisotopic (exact) mass is 314 g/mol. The lowest BCUT2D eigenvalue weighted by Gasteiger charge is -2.35. The summed E-state index contributed by atoms with van der Waals surface area (Å²) in [5.41, 5.74) is 1.94. The zero-order valence-electron chi connectivity index (χ0n) is 13.7. The Kier molecular flexibility index (Phi) is 4.86. The lowest BCUT2D eigenvalue weighted by molar-refractivity contribution is 0.190. The molecule has 0 spiro atoms. The first kappa shape index (κ1) is 15.9. The molecule has 0 aliphatic carbocycles. The number of anilines is 1. The van der Waals surface area contributed by atoms with E-state index in [1.807, 2.05) is 0 Å². The topological polar surface area (TPSA) is 41.1 Å². The van der Waals surface area contributed by atoms with Crippen LogP contribution in [-0.2, 0) is 6.42 Å². The van der Waals surface area contributed by atoms with E-state index in [1.54, 1.807) is 24.5 Å². The van der Waals surface area contributed by atoms with Crippen molar-refractivity contribution in [1.29, 1.82) is 0 Å². The molecule has 4 nitrogen and oxygen atoms in total. The third kappa shape index (κ3) is 4.05. The van der Waals surface area contributed by atoms with Gasteiger partial charge in [0, 0.05) is 37.4 Å². The fraction of sp³-hybridized carbons (Fsp3) is 0.444. The molecule has 0 amide bonds. The molecule has 1 N–H and O–H groups in total. The zero-order chi connectivity index (χ0) is 16.2. The molecule has 1 aromatic heterocycles. The van der Waals surface area contributed by atoms with Crippen molar-refractivity contribution in [2.75, 3.05) is 18.9 Å². The summed E-state index contributed by atoms with van der Waals surface area (Å²) in [4.78, 5) is 11.3. The van der Waals surface area contributed by atoms with Gasteiger partial charge in [0.1, 0.15) is 11.6 Å². The molecule has 23 heavy (non-hydrogen) atoms. The molecule has 1 aliphatic heterocycles. The van der Waals surface area contributed by atoms with Crippen LogP contribution in [0, 0.1) is 5.82 Å². The zero-order valence-corrected chi connectivity index (χ0v) is 13.7. The number of piperidine rings is 1. The number of rotatable bonds is 4. The van der Waals surface area contributed by atoms with E-state index in [-0.39, 0.29) is 5.82 Å². The number of likely N-dealkylation sites (tertiary alicyclic amines) is 1. The van der Waals surface area contributed by atoms with Gasteiger partial charge in [0.2, 0.25) is 0 Å². The normalized spacial score (nSPS) is 22.0. The van der Waals surface area contributed by atoms with Crippen LogP contribution in [0.25, 0.3) is 0 Å². The Morgan fingerprint density at radius 1 is 1.22 bits per heavy atom. The minimum atomic E-state index is -0.216. The molecule has 122 valence electrons. The van der Waals surface area contributed by atoms with Crippen LogP contribution in [0.15, 0.2) is 36.7 Å². The maximum absolute atomic E-state index is 13.0. The number of hydrogen-bond donors (Lipinski definition) is 1. The first-order chi connectivity index (χ1) is 11.1. The largest absolute Gasteiger partial charge is 0.366 e. The van der Waals surface area contributed by atoms with Gasteiger partial charge in [0.15, 0.2) is 0 Å². The first-order valence-electron chi connectivity index (χ1n) is 8.13. The summed E-state index contributed by atoms with van der Waals surface area (Å²) in [5, 5.41) is 3.56. The number of nitrogens with zero attached hydrogens (tertiary/aromatic N) is 3. The standard InChI is InChI=1S/C18H23FN4/c1-13-11-16(7-10-23(13)2)22-18-17(20-8-9-21-18)12-14-3-5-15(19)6-4-14/h3-6,8-9,13,16H,7,10-12H2,1-2H3,(H,21,22). The summed E-state index contributed by atoms with van der Waals surface area (Å²) in [5.74, 6) is 0.630. The second-order valence-corrected chi connectivity index (χ2v) is 6.35. The lowest BCUT2D eigenvalue weighted by atomic mass is 9.99. The van der Waals surface area contributed by atoms with Gasteiger partial charge in [-0.25, -0.2) is 9.37 Å².